The van der Waals surface area contributed by atoms with Gasteiger partial charge in [0.1, 0.15) is 5.75 Å². The summed E-state index contributed by atoms with van der Waals surface area (Å²) in [5.74, 6) is 0.141. The molecule has 25 heavy (non-hydrogen) atoms. The minimum Gasteiger partial charge on any atom is -0.426 e. The lowest BCUT2D eigenvalue weighted by Crippen LogP contribution is -2.24. The molecule has 0 bridgehead atoms. The van der Waals surface area contributed by atoms with Gasteiger partial charge in [-0.25, -0.2) is 0 Å². The molecule has 0 saturated heterocycles. The van der Waals surface area contributed by atoms with Crippen molar-refractivity contribution in [1.29, 1.82) is 0 Å². The van der Waals surface area contributed by atoms with Gasteiger partial charge in [-0.2, -0.15) is 0 Å². The van der Waals surface area contributed by atoms with E-state index >= 15 is 0 Å². The number of hydrogen-bond acceptors (Lipinski definition) is 2. The Morgan fingerprint density at radius 1 is 0.760 bits per heavy atom. The second-order valence-corrected chi connectivity index (χ2v) is 6.87. The minimum atomic E-state index is -0.228. The van der Waals surface area contributed by atoms with Gasteiger partial charge in [0.2, 0.25) is 0 Å². The van der Waals surface area contributed by atoms with Crippen molar-refractivity contribution in [1.82, 2.24) is 0 Å². The third kappa shape index (κ3) is 5.30. The van der Waals surface area contributed by atoms with Crippen LogP contribution in [-0.4, -0.2) is 5.97 Å². The van der Waals surface area contributed by atoms with E-state index in [-0.39, 0.29) is 11.9 Å². The van der Waals surface area contributed by atoms with Crippen molar-refractivity contribution >= 4 is 21.9 Å². The van der Waals surface area contributed by atoms with Gasteiger partial charge in [-0.1, -0.05) is 76.6 Å². The van der Waals surface area contributed by atoms with Crippen LogP contribution in [0, 0.1) is 5.92 Å². The lowest BCUT2D eigenvalue weighted by molar-refractivity contribution is -0.138. The lowest BCUT2D eigenvalue weighted by atomic mass is 9.92. The van der Waals surface area contributed by atoms with Crippen molar-refractivity contribution in [3.8, 4) is 5.75 Å². The largest absolute Gasteiger partial charge is 0.426 e. The van der Waals surface area contributed by atoms with E-state index in [0.29, 0.717) is 18.6 Å². The summed E-state index contributed by atoms with van der Waals surface area (Å²) in [4.78, 5) is 12.8. The zero-order valence-corrected chi connectivity index (χ0v) is 15.4. The van der Waals surface area contributed by atoms with Crippen LogP contribution in [0.2, 0.25) is 0 Å². The molecule has 0 radical (unpaired) electrons. The van der Waals surface area contributed by atoms with Crippen molar-refractivity contribution in [2.24, 2.45) is 5.92 Å². The molecule has 0 unspecified atom stereocenters. The summed E-state index contributed by atoms with van der Waals surface area (Å²) in [7, 11) is 0. The predicted octanol–water partition coefficient (Wildman–Crippen LogP) is 5.46. The van der Waals surface area contributed by atoms with E-state index in [4.69, 9.17) is 4.74 Å². The van der Waals surface area contributed by atoms with E-state index in [2.05, 4.69) is 15.9 Å². The number of hydrogen-bond donors (Lipinski definition) is 0. The molecule has 0 aromatic heterocycles. The molecule has 0 amide bonds. The van der Waals surface area contributed by atoms with Crippen molar-refractivity contribution in [3.05, 3.63) is 101 Å². The standard InChI is InChI=1S/C22H19BrO2/c23-20-11-13-21(14-12-20)25-22(24)19(15-17-7-3-1-4-8-17)16-18-9-5-2-6-10-18/h1-14,19H,15-16H2. The molecule has 126 valence electrons. The summed E-state index contributed by atoms with van der Waals surface area (Å²) in [6.07, 6.45) is 1.32. The SMILES string of the molecule is O=C(Oc1ccc(Br)cc1)C(Cc1ccccc1)Cc1ccccc1. The molecule has 0 heterocycles. The number of carbonyl (C=O) groups is 1. The molecule has 0 fully saturated rings. The fraction of sp³-hybridized carbons (Fsp3) is 0.136. The first-order valence-electron chi connectivity index (χ1n) is 8.26. The van der Waals surface area contributed by atoms with Crippen LogP contribution in [0.3, 0.4) is 0 Å². The van der Waals surface area contributed by atoms with Gasteiger partial charge in [-0.15, -0.1) is 0 Å². The second-order valence-electron chi connectivity index (χ2n) is 5.95. The van der Waals surface area contributed by atoms with E-state index < -0.39 is 0 Å². The molecule has 0 N–H and O–H groups in total. The number of halogens is 1. The topological polar surface area (TPSA) is 26.3 Å². The van der Waals surface area contributed by atoms with Crippen molar-refractivity contribution < 1.29 is 9.53 Å². The van der Waals surface area contributed by atoms with Crippen LogP contribution < -0.4 is 4.74 Å². The van der Waals surface area contributed by atoms with Crippen LogP contribution in [0.15, 0.2) is 89.4 Å². The van der Waals surface area contributed by atoms with Gasteiger partial charge in [0.15, 0.2) is 0 Å². The highest BCUT2D eigenvalue weighted by Crippen LogP contribution is 2.21. The van der Waals surface area contributed by atoms with E-state index in [0.717, 1.165) is 15.6 Å². The predicted molar refractivity (Wildman–Crippen MR) is 104 cm³/mol. The van der Waals surface area contributed by atoms with Gasteiger partial charge in [-0.05, 0) is 48.2 Å². The van der Waals surface area contributed by atoms with Gasteiger partial charge in [-0.3, -0.25) is 4.79 Å². The molecule has 0 atom stereocenters. The maximum Gasteiger partial charge on any atom is 0.315 e. The maximum absolute atomic E-state index is 12.8. The summed E-state index contributed by atoms with van der Waals surface area (Å²) in [6.45, 7) is 0. The van der Waals surface area contributed by atoms with Crippen LogP contribution in [0.5, 0.6) is 5.75 Å². The van der Waals surface area contributed by atoms with Gasteiger partial charge in [0.05, 0.1) is 5.92 Å². The number of carbonyl (C=O) groups excluding carboxylic acids is 1. The second kappa shape index (κ2) is 8.63. The van der Waals surface area contributed by atoms with E-state index in [1.54, 1.807) is 12.1 Å². The van der Waals surface area contributed by atoms with Crippen LogP contribution in [0.25, 0.3) is 0 Å². The summed E-state index contributed by atoms with van der Waals surface area (Å²) in [6, 6.07) is 27.5. The number of rotatable bonds is 6. The normalized spacial score (nSPS) is 10.6. The molecule has 3 heteroatoms. The third-order valence-electron chi connectivity index (χ3n) is 4.02. The summed E-state index contributed by atoms with van der Waals surface area (Å²) in [5.41, 5.74) is 2.27. The fourth-order valence-corrected chi connectivity index (χ4v) is 3.00. The Balaban J connectivity index is 1.76. The first-order chi connectivity index (χ1) is 12.2. The highest BCUT2D eigenvalue weighted by Gasteiger charge is 2.22. The Morgan fingerprint density at radius 2 is 1.24 bits per heavy atom. The molecular formula is C22H19BrO2. The highest BCUT2D eigenvalue weighted by molar-refractivity contribution is 9.10. The Kier molecular flexibility index (Phi) is 6.02. The van der Waals surface area contributed by atoms with Crippen LogP contribution in [0.1, 0.15) is 11.1 Å². The molecule has 3 aromatic rings. The van der Waals surface area contributed by atoms with Crippen LogP contribution in [0.4, 0.5) is 0 Å². The molecule has 2 nitrogen and oxygen atoms in total. The van der Waals surface area contributed by atoms with E-state index in [1.165, 1.54) is 0 Å². The third-order valence-corrected chi connectivity index (χ3v) is 4.54. The summed E-state index contributed by atoms with van der Waals surface area (Å²) < 4.78 is 6.57. The van der Waals surface area contributed by atoms with E-state index in [1.807, 2.05) is 72.8 Å². The first-order valence-corrected chi connectivity index (χ1v) is 9.05. The van der Waals surface area contributed by atoms with Gasteiger partial charge >= 0.3 is 5.97 Å². The quantitative estimate of drug-likeness (QED) is 0.410. The van der Waals surface area contributed by atoms with Gasteiger partial charge in [0.25, 0.3) is 0 Å². The molecule has 3 aromatic carbocycles. The monoisotopic (exact) mass is 394 g/mol. The lowest BCUT2D eigenvalue weighted by Gasteiger charge is -2.16. The van der Waals surface area contributed by atoms with Crippen molar-refractivity contribution in [2.75, 3.05) is 0 Å². The molecule has 0 spiro atoms. The Bertz CT molecular complexity index is 757. The van der Waals surface area contributed by atoms with Crippen molar-refractivity contribution in [3.63, 3.8) is 0 Å². The molecule has 3 rings (SSSR count). The van der Waals surface area contributed by atoms with Gasteiger partial charge < -0.3 is 4.74 Å². The zero-order chi connectivity index (χ0) is 17.5. The Hall–Kier alpha value is -2.39. The van der Waals surface area contributed by atoms with Gasteiger partial charge in [0, 0.05) is 4.47 Å². The molecule has 0 aliphatic carbocycles. The Morgan fingerprint density at radius 3 is 1.72 bits per heavy atom. The average molecular weight is 395 g/mol. The highest BCUT2D eigenvalue weighted by atomic mass is 79.9. The smallest absolute Gasteiger partial charge is 0.315 e. The van der Waals surface area contributed by atoms with Crippen LogP contribution in [-0.2, 0) is 17.6 Å². The maximum atomic E-state index is 12.8. The number of ether oxygens (including phenoxy) is 1. The molecule has 0 saturated carbocycles. The fourth-order valence-electron chi connectivity index (χ4n) is 2.74. The van der Waals surface area contributed by atoms with E-state index in [9.17, 15) is 4.79 Å². The number of benzene rings is 3. The minimum absolute atomic E-state index is 0.199. The molecule has 0 aliphatic heterocycles. The first kappa shape index (κ1) is 17.4. The average Bonchev–Trinajstić information content (AvgIpc) is 2.65. The number of esters is 1. The van der Waals surface area contributed by atoms with Crippen molar-refractivity contribution in [2.45, 2.75) is 12.8 Å². The summed E-state index contributed by atoms with van der Waals surface area (Å²) in [5, 5.41) is 0. The zero-order valence-electron chi connectivity index (χ0n) is 13.8. The molecular weight excluding hydrogens is 376 g/mol. The Labute approximate surface area is 156 Å². The molecule has 0 aliphatic rings. The van der Waals surface area contributed by atoms with Crippen LogP contribution >= 0.6 is 15.9 Å². The summed E-state index contributed by atoms with van der Waals surface area (Å²) >= 11 is 3.39.